The Morgan fingerprint density at radius 1 is 1.24 bits per heavy atom. The van der Waals surface area contributed by atoms with Crippen LogP contribution in [0.4, 0.5) is 5.82 Å². The summed E-state index contributed by atoms with van der Waals surface area (Å²) in [6, 6.07) is 12.0. The summed E-state index contributed by atoms with van der Waals surface area (Å²) >= 11 is 0. The molecule has 2 heterocycles. The van der Waals surface area contributed by atoms with Gasteiger partial charge < -0.3 is 5.73 Å². The van der Waals surface area contributed by atoms with E-state index in [1.165, 1.54) is 0 Å². The first kappa shape index (κ1) is 10.2. The van der Waals surface area contributed by atoms with Crippen LogP contribution in [0.1, 0.15) is 12.6 Å². The first-order valence-electron chi connectivity index (χ1n) is 5.64. The SMILES string of the molecule is NCCC1N=Nc2cc(-c3ccccc3)nn21. The summed E-state index contributed by atoms with van der Waals surface area (Å²) in [6.45, 7) is 0.587. The predicted molar refractivity (Wildman–Crippen MR) is 64.9 cm³/mol. The molecule has 5 heteroatoms. The molecule has 3 rings (SSSR count). The van der Waals surface area contributed by atoms with Crippen LogP contribution in [0.15, 0.2) is 46.6 Å². The van der Waals surface area contributed by atoms with Gasteiger partial charge in [-0.25, -0.2) is 4.68 Å². The van der Waals surface area contributed by atoms with Crippen molar-refractivity contribution in [1.82, 2.24) is 9.78 Å². The third kappa shape index (κ3) is 1.74. The van der Waals surface area contributed by atoms with Crippen molar-refractivity contribution in [2.75, 3.05) is 6.54 Å². The standard InChI is InChI=1S/C12H13N5/c13-7-6-11-14-15-12-8-10(16-17(11)12)9-4-2-1-3-5-9/h1-5,8,11H,6-7,13H2. The molecule has 0 radical (unpaired) electrons. The van der Waals surface area contributed by atoms with Gasteiger partial charge >= 0.3 is 0 Å². The molecule has 0 spiro atoms. The third-order valence-corrected chi connectivity index (χ3v) is 2.79. The van der Waals surface area contributed by atoms with Crippen molar-refractivity contribution in [1.29, 1.82) is 0 Å². The maximum Gasteiger partial charge on any atom is 0.175 e. The lowest BCUT2D eigenvalue weighted by Crippen LogP contribution is -2.10. The Bertz CT molecular complexity index is 543. The summed E-state index contributed by atoms with van der Waals surface area (Å²) in [5.41, 5.74) is 7.57. The highest BCUT2D eigenvalue weighted by atomic mass is 15.5. The van der Waals surface area contributed by atoms with Crippen molar-refractivity contribution in [3.05, 3.63) is 36.4 Å². The number of fused-ring (bicyclic) bond motifs is 1. The van der Waals surface area contributed by atoms with Gasteiger partial charge in [-0.2, -0.15) is 10.2 Å². The zero-order valence-corrected chi connectivity index (χ0v) is 9.32. The van der Waals surface area contributed by atoms with Gasteiger partial charge in [-0.05, 0) is 6.54 Å². The monoisotopic (exact) mass is 227 g/mol. The minimum Gasteiger partial charge on any atom is -0.330 e. The molecule has 0 aliphatic carbocycles. The molecule has 5 nitrogen and oxygen atoms in total. The van der Waals surface area contributed by atoms with Gasteiger partial charge in [0.25, 0.3) is 0 Å². The van der Waals surface area contributed by atoms with Crippen molar-refractivity contribution in [2.24, 2.45) is 16.0 Å². The molecular weight excluding hydrogens is 214 g/mol. The van der Waals surface area contributed by atoms with Gasteiger partial charge in [0.05, 0.1) is 5.69 Å². The average Bonchev–Trinajstić information content (AvgIpc) is 2.93. The van der Waals surface area contributed by atoms with Crippen molar-refractivity contribution in [3.8, 4) is 11.3 Å². The molecular formula is C12H13N5. The highest BCUT2D eigenvalue weighted by Crippen LogP contribution is 2.33. The summed E-state index contributed by atoms with van der Waals surface area (Å²) in [6.07, 6.45) is 0.735. The molecule has 1 aromatic heterocycles. The third-order valence-electron chi connectivity index (χ3n) is 2.79. The van der Waals surface area contributed by atoms with Crippen LogP contribution in [0.5, 0.6) is 0 Å². The summed E-state index contributed by atoms with van der Waals surface area (Å²) in [5.74, 6) is 0.808. The number of aromatic nitrogens is 2. The Hall–Kier alpha value is -2.01. The second-order valence-electron chi connectivity index (χ2n) is 3.97. The van der Waals surface area contributed by atoms with Crippen molar-refractivity contribution >= 4 is 5.82 Å². The summed E-state index contributed by atoms with van der Waals surface area (Å²) in [5, 5.41) is 12.8. The van der Waals surface area contributed by atoms with E-state index in [0.29, 0.717) is 6.54 Å². The maximum absolute atomic E-state index is 5.54. The topological polar surface area (TPSA) is 68.6 Å². The second-order valence-corrected chi connectivity index (χ2v) is 3.97. The van der Waals surface area contributed by atoms with Crippen LogP contribution in [-0.2, 0) is 0 Å². The molecule has 0 bridgehead atoms. The van der Waals surface area contributed by atoms with Crippen LogP contribution in [0, 0.1) is 0 Å². The molecule has 2 N–H and O–H groups in total. The zero-order chi connectivity index (χ0) is 11.7. The fraction of sp³-hybridized carbons (Fsp3) is 0.250. The Labute approximate surface area is 99.0 Å². The van der Waals surface area contributed by atoms with Gasteiger partial charge in [0, 0.05) is 18.1 Å². The van der Waals surface area contributed by atoms with Crippen molar-refractivity contribution in [2.45, 2.75) is 12.6 Å². The number of hydrogen-bond acceptors (Lipinski definition) is 4. The first-order valence-corrected chi connectivity index (χ1v) is 5.64. The molecule has 0 saturated carbocycles. The normalized spacial score (nSPS) is 17.4. The number of azo groups is 1. The highest BCUT2D eigenvalue weighted by Gasteiger charge is 2.21. The zero-order valence-electron chi connectivity index (χ0n) is 9.32. The lowest BCUT2D eigenvalue weighted by Gasteiger charge is -2.05. The number of benzene rings is 1. The number of hydrogen-bond donors (Lipinski definition) is 1. The van der Waals surface area contributed by atoms with Crippen LogP contribution in [0.25, 0.3) is 11.3 Å². The molecule has 1 aromatic carbocycles. The summed E-state index contributed by atoms with van der Waals surface area (Å²) < 4.78 is 1.84. The molecule has 1 unspecified atom stereocenters. The van der Waals surface area contributed by atoms with Gasteiger partial charge in [-0.1, -0.05) is 30.3 Å². The first-order chi connectivity index (χ1) is 8.38. The molecule has 1 aliphatic rings. The van der Waals surface area contributed by atoms with Gasteiger partial charge in [0.2, 0.25) is 0 Å². The van der Waals surface area contributed by atoms with Crippen molar-refractivity contribution in [3.63, 3.8) is 0 Å². The number of rotatable bonds is 3. The van der Waals surface area contributed by atoms with E-state index >= 15 is 0 Å². The average molecular weight is 227 g/mol. The van der Waals surface area contributed by atoms with Crippen LogP contribution in [0.3, 0.4) is 0 Å². The molecule has 17 heavy (non-hydrogen) atoms. The number of nitrogens with two attached hydrogens (primary N) is 1. The molecule has 0 fully saturated rings. The summed E-state index contributed by atoms with van der Waals surface area (Å²) in [7, 11) is 0. The Morgan fingerprint density at radius 2 is 2.06 bits per heavy atom. The molecule has 2 aromatic rings. The van der Waals surface area contributed by atoms with E-state index in [4.69, 9.17) is 5.73 Å². The predicted octanol–water partition coefficient (Wildman–Crippen LogP) is 2.49. The van der Waals surface area contributed by atoms with E-state index in [0.717, 1.165) is 23.5 Å². The van der Waals surface area contributed by atoms with E-state index in [9.17, 15) is 0 Å². The smallest absolute Gasteiger partial charge is 0.175 e. The molecule has 1 aliphatic heterocycles. The molecule has 86 valence electrons. The molecule has 0 amide bonds. The lowest BCUT2D eigenvalue weighted by atomic mass is 10.2. The Balaban J connectivity index is 1.96. The maximum atomic E-state index is 5.54. The van der Waals surface area contributed by atoms with E-state index in [-0.39, 0.29) is 6.17 Å². The second kappa shape index (κ2) is 4.10. The number of nitrogens with zero attached hydrogens (tertiary/aromatic N) is 4. The minimum absolute atomic E-state index is 0.0348. The fourth-order valence-corrected chi connectivity index (χ4v) is 1.93. The van der Waals surface area contributed by atoms with E-state index in [1.807, 2.05) is 41.1 Å². The van der Waals surface area contributed by atoms with Gasteiger partial charge in [0.15, 0.2) is 12.0 Å². The largest absolute Gasteiger partial charge is 0.330 e. The molecule has 0 saturated heterocycles. The quantitative estimate of drug-likeness (QED) is 0.875. The van der Waals surface area contributed by atoms with Crippen LogP contribution >= 0.6 is 0 Å². The van der Waals surface area contributed by atoms with Crippen LogP contribution < -0.4 is 5.73 Å². The van der Waals surface area contributed by atoms with Gasteiger partial charge in [-0.3, -0.25) is 0 Å². The van der Waals surface area contributed by atoms with E-state index < -0.39 is 0 Å². The Morgan fingerprint density at radius 3 is 2.82 bits per heavy atom. The lowest BCUT2D eigenvalue weighted by molar-refractivity contribution is 0.468. The minimum atomic E-state index is -0.0348. The van der Waals surface area contributed by atoms with Crippen LogP contribution in [0.2, 0.25) is 0 Å². The van der Waals surface area contributed by atoms with Gasteiger partial charge in [-0.15, -0.1) is 5.11 Å². The van der Waals surface area contributed by atoms with Crippen molar-refractivity contribution < 1.29 is 0 Å². The van der Waals surface area contributed by atoms with Crippen LogP contribution in [-0.4, -0.2) is 16.3 Å². The molecule has 1 atom stereocenters. The Kier molecular flexibility index (Phi) is 2.45. The highest BCUT2D eigenvalue weighted by molar-refractivity contribution is 5.62. The van der Waals surface area contributed by atoms with E-state index in [1.54, 1.807) is 0 Å². The summed E-state index contributed by atoms with van der Waals surface area (Å²) in [4.78, 5) is 0. The van der Waals surface area contributed by atoms with E-state index in [2.05, 4.69) is 15.3 Å². The fourth-order valence-electron chi connectivity index (χ4n) is 1.93. The van der Waals surface area contributed by atoms with Gasteiger partial charge in [0.1, 0.15) is 0 Å².